The molecule has 0 aromatic carbocycles. The summed E-state index contributed by atoms with van der Waals surface area (Å²) in [4.78, 5) is 11.6. The molecule has 0 aromatic heterocycles. The third-order valence-electron chi connectivity index (χ3n) is 2.30. The first-order chi connectivity index (χ1) is 7.60. The van der Waals surface area contributed by atoms with E-state index in [0.29, 0.717) is 12.6 Å². The summed E-state index contributed by atoms with van der Waals surface area (Å²) in [7, 11) is 0. The van der Waals surface area contributed by atoms with Crippen LogP contribution < -0.4 is 0 Å². The number of ether oxygens (including phenoxy) is 2. The molecule has 0 radical (unpaired) electrons. The van der Waals surface area contributed by atoms with E-state index in [0.717, 1.165) is 0 Å². The molecule has 17 heavy (non-hydrogen) atoms. The van der Waals surface area contributed by atoms with Gasteiger partial charge in [0.25, 0.3) is 12.7 Å². The second kappa shape index (κ2) is 4.67. The van der Waals surface area contributed by atoms with Crippen LogP contribution in [0.3, 0.4) is 0 Å². The summed E-state index contributed by atoms with van der Waals surface area (Å²) in [5.41, 5.74) is -0.612. The first-order valence-corrected chi connectivity index (χ1v) is 5.95. The lowest BCUT2D eigenvalue weighted by Crippen LogP contribution is -2.30. The van der Waals surface area contributed by atoms with Crippen molar-refractivity contribution in [2.24, 2.45) is 10.8 Å². The van der Waals surface area contributed by atoms with Gasteiger partial charge in [-0.25, -0.2) is 0 Å². The van der Waals surface area contributed by atoms with Crippen LogP contribution in [-0.4, -0.2) is 31.3 Å². The van der Waals surface area contributed by atoms with Gasteiger partial charge in [0.15, 0.2) is 6.61 Å². The minimum atomic E-state index is -0.476. The lowest BCUT2D eigenvalue weighted by Gasteiger charge is -2.16. The fourth-order valence-corrected chi connectivity index (χ4v) is 1.25. The number of hydrogen-bond donors (Lipinski definition) is 0. The van der Waals surface area contributed by atoms with Crippen molar-refractivity contribution in [3.63, 3.8) is 0 Å². The van der Waals surface area contributed by atoms with E-state index in [-0.39, 0.29) is 24.1 Å². The van der Waals surface area contributed by atoms with Gasteiger partial charge in [-0.2, -0.15) is 0 Å². The van der Waals surface area contributed by atoms with E-state index in [9.17, 15) is 4.79 Å². The first-order valence-electron chi connectivity index (χ1n) is 5.95. The smallest absolute Gasteiger partial charge is 0.458 e. The van der Waals surface area contributed by atoms with E-state index in [1.165, 1.54) is 0 Å². The van der Waals surface area contributed by atoms with Gasteiger partial charge < -0.3 is 13.9 Å². The van der Waals surface area contributed by atoms with Crippen molar-refractivity contribution in [1.82, 2.24) is 0 Å². The molecule has 0 aromatic rings. The highest BCUT2D eigenvalue weighted by atomic mass is 16.6. The Hall–Kier alpha value is -1.06. The Morgan fingerprint density at radius 2 is 1.94 bits per heavy atom. The van der Waals surface area contributed by atoms with Crippen LogP contribution in [0.25, 0.3) is 0 Å². The monoisotopic (exact) mass is 243 g/mol. The van der Waals surface area contributed by atoms with E-state index < -0.39 is 5.41 Å². The largest absolute Gasteiger partial charge is 0.491 e. The molecule has 0 spiro atoms. The lowest BCUT2D eigenvalue weighted by molar-refractivity contribution is -0.453. The fourth-order valence-electron chi connectivity index (χ4n) is 1.25. The molecule has 1 aliphatic rings. The van der Waals surface area contributed by atoms with Gasteiger partial charge >= 0.3 is 11.9 Å². The summed E-state index contributed by atoms with van der Waals surface area (Å²) >= 11 is 0. The average Bonchev–Trinajstić information content (AvgIpc) is 2.59. The number of carbonyl (C=O) groups excluding carboxylic acids is 2. The molecule has 1 rings (SSSR count). The van der Waals surface area contributed by atoms with Gasteiger partial charge in [-0.15, -0.1) is 0 Å². The van der Waals surface area contributed by atoms with Gasteiger partial charge in [0.1, 0.15) is 5.41 Å². The van der Waals surface area contributed by atoms with Crippen molar-refractivity contribution >= 4 is 11.9 Å². The number of esters is 2. The standard InChI is InChI=1S/C13H23O4/c1-12(2,3)10(14)15-7-9-8-16-11(17-9)13(4,5)6/h9H,7-8H2,1-6H3/q+1/t9-/m1/s1. The van der Waals surface area contributed by atoms with Crippen LogP contribution in [0, 0.1) is 10.8 Å². The van der Waals surface area contributed by atoms with Gasteiger partial charge in [0.05, 0.1) is 5.41 Å². The van der Waals surface area contributed by atoms with Crippen LogP contribution >= 0.6 is 0 Å². The number of cyclic esters (lactones) is 1. The molecule has 4 nitrogen and oxygen atoms in total. The number of hydrogen-bond acceptors (Lipinski definition) is 3. The van der Waals surface area contributed by atoms with Gasteiger partial charge in [0.2, 0.25) is 0 Å². The highest BCUT2D eigenvalue weighted by Gasteiger charge is 2.42. The normalized spacial score (nSPS) is 20.8. The molecule has 0 saturated carbocycles. The molecule has 0 amide bonds. The van der Waals surface area contributed by atoms with Gasteiger partial charge in [-0.1, -0.05) is 0 Å². The van der Waals surface area contributed by atoms with Gasteiger partial charge in [-0.3, -0.25) is 4.79 Å². The highest BCUT2D eigenvalue weighted by Crippen LogP contribution is 2.21. The van der Waals surface area contributed by atoms with E-state index in [1.54, 1.807) is 0 Å². The minimum absolute atomic E-state index is 0.136. The molecule has 0 bridgehead atoms. The lowest BCUT2D eigenvalue weighted by atomic mass is 9.97. The van der Waals surface area contributed by atoms with E-state index in [1.807, 2.05) is 41.5 Å². The Labute approximate surface area is 103 Å². The Balaban J connectivity index is 2.37. The van der Waals surface area contributed by atoms with Crippen molar-refractivity contribution in [2.45, 2.75) is 47.6 Å². The highest BCUT2D eigenvalue weighted by molar-refractivity contribution is 5.77. The van der Waals surface area contributed by atoms with Crippen molar-refractivity contribution in [3.8, 4) is 0 Å². The summed E-state index contributed by atoms with van der Waals surface area (Å²) in [6, 6.07) is 0. The maximum atomic E-state index is 11.6. The zero-order valence-electron chi connectivity index (χ0n) is 11.6. The van der Waals surface area contributed by atoms with Crippen LogP contribution in [-0.2, 0) is 18.7 Å². The molecule has 98 valence electrons. The van der Waals surface area contributed by atoms with E-state index in [2.05, 4.69) is 0 Å². The summed E-state index contributed by atoms with van der Waals surface area (Å²) < 4.78 is 16.3. The van der Waals surface area contributed by atoms with Crippen LogP contribution in [0.1, 0.15) is 41.5 Å². The van der Waals surface area contributed by atoms with E-state index in [4.69, 9.17) is 13.9 Å². The molecule has 0 fully saturated rings. The molecule has 1 heterocycles. The fraction of sp³-hybridized carbons (Fsp3) is 0.846. The molecule has 0 saturated heterocycles. The quantitative estimate of drug-likeness (QED) is 0.551. The zero-order chi connectivity index (χ0) is 13.3. The molecular weight excluding hydrogens is 220 g/mol. The first kappa shape index (κ1) is 14.0. The number of rotatable bonds is 2. The van der Waals surface area contributed by atoms with Crippen LogP contribution in [0.4, 0.5) is 0 Å². The maximum absolute atomic E-state index is 11.6. The second-order valence-corrected chi connectivity index (χ2v) is 6.44. The topological polar surface area (TPSA) is 46.8 Å². The molecular formula is C13H23O4+. The second-order valence-electron chi connectivity index (χ2n) is 6.44. The third-order valence-corrected chi connectivity index (χ3v) is 2.30. The van der Waals surface area contributed by atoms with Crippen LogP contribution in [0.5, 0.6) is 0 Å². The molecule has 0 unspecified atom stereocenters. The minimum Gasteiger partial charge on any atom is -0.458 e. The predicted octanol–water partition coefficient (Wildman–Crippen LogP) is 2.08. The van der Waals surface area contributed by atoms with Crippen molar-refractivity contribution in [3.05, 3.63) is 0 Å². The molecule has 1 aliphatic heterocycles. The molecule has 4 heteroatoms. The molecule has 0 N–H and O–H groups in total. The van der Waals surface area contributed by atoms with E-state index >= 15 is 0 Å². The summed E-state index contributed by atoms with van der Waals surface area (Å²) in [6.45, 7) is 12.2. The van der Waals surface area contributed by atoms with Crippen molar-refractivity contribution in [2.75, 3.05) is 13.2 Å². The number of carbonyl (C=O) groups is 1. The summed E-state index contributed by atoms with van der Waals surface area (Å²) in [5.74, 6) is 0.402. The van der Waals surface area contributed by atoms with Gasteiger partial charge in [-0.05, 0) is 41.5 Å². The third kappa shape index (κ3) is 4.02. The Kier molecular flexibility index (Phi) is 3.84. The van der Waals surface area contributed by atoms with Crippen molar-refractivity contribution < 1.29 is 18.7 Å². The molecule has 1 atom stereocenters. The Morgan fingerprint density at radius 1 is 1.35 bits per heavy atom. The SMILES string of the molecule is CC(C)(C)C(=O)OC[C@@H]1C[O+]=C(C(C)(C)C)O1. The van der Waals surface area contributed by atoms with Gasteiger partial charge in [0, 0.05) is 0 Å². The summed E-state index contributed by atoms with van der Waals surface area (Å²) in [6.07, 6.45) is -0.185. The molecule has 0 aliphatic carbocycles. The van der Waals surface area contributed by atoms with Crippen LogP contribution in [0.15, 0.2) is 0 Å². The van der Waals surface area contributed by atoms with Crippen molar-refractivity contribution in [1.29, 1.82) is 0 Å². The average molecular weight is 243 g/mol. The Bertz CT molecular complexity index is 317. The predicted molar refractivity (Wildman–Crippen MR) is 64.6 cm³/mol. The summed E-state index contributed by atoms with van der Waals surface area (Å²) in [5, 5.41) is 0. The maximum Gasteiger partial charge on any atom is 0.491 e. The zero-order valence-corrected chi connectivity index (χ0v) is 11.6. The Morgan fingerprint density at radius 3 is 2.35 bits per heavy atom. The van der Waals surface area contributed by atoms with Crippen LogP contribution in [0.2, 0.25) is 0 Å².